The Labute approximate surface area is 133 Å². The van der Waals surface area contributed by atoms with Crippen LogP contribution in [0.4, 0.5) is 4.79 Å². The zero-order chi connectivity index (χ0) is 16.0. The van der Waals surface area contributed by atoms with Crippen molar-refractivity contribution in [3.63, 3.8) is 0 Å². The van der Waals surface area contributed by atoms with Crippen molar-refractivity contribution in [3.8, 4) is 0 Å². The molecule has 0 radical (unpaired) electrons. The van der Waals surface area contributed by atoms with Gasteiger partial charge in [-0.2, -0.15) is 0 Å². The number of rotatable bonds is 6. The number of carboxylic acids is 1. The monoisotopic (exact) mass is 332 g/mol. The Kier molecular flexibility index (Phi) is 6.78. The summed E-state index contributed by atoms with van der Waals surface area (Å²) >= 11 is 11.9. The molecule has 0 aliphatic heterocycles. The van der Waals surface area contributed by atoms with E-state index in [0.29, 0.717) is 16.6 Å². The smallest absolute Gasteiger partial charge is 0.317 e. The van der Waals surface area contributed by atoms with Crippen LogP contribution in [-0.2, 0) is 4.79 Å². The van der Waals surface area contributed by atoms with E-state index in [0.717, 1.165) is 5.56 Å². The Morgan fingerprint density at radius 1 is 1.38 bits per heavy atom. The summed E-state index contributed by atoms with van der Waals surface area (Å²) in [5.41, 5.74) is 0.753. The van der Waals surface area contributed by atoms with E-state index in [-0.39, 0.29) is 25.0 Å². The van der Waals surface area contributed by atoms with Crippen LogP contribution < -0.4 is 5.32 Å². The summed E-state index contributed by atoms with van der Waals surface area (Å²) in [4.78, 5) is 24.1. The van der Waals surface area contributed by atoms with Crippen molar-refractivity contribution in [2.24, 2.45) is 0 Å². The van der Waals surface area contributed by atoms with E-state index in [1.807, 2.05) is 0 Å². The van der Waals surface area contributed by atoms with E-state index in [1.165, 1.54) is 4.90 Å². The number of amides is 2. The van der Waals surface area contributed by atoms with E-state index >= 15 is 0 Å². The van der Waals surface area contributed by atoms with Crippen molar-refractivity contribution in [1.29, 1.82) is 0 Å². The third-order valence-electron chi connectivity index (χ3n) is 3.03. The lowest BCUT2D eigenvalue weighted by molar-refractivity contribution is -0.137. The lowest BCUT2D eigenvalue weighted by atomic mass is 10.1. The fraction of sp³-hybridized carbons (Fsp3) is 0.429. The number of carbonyl (C=O) groups is 2. The minimum absolute atomic E-state index is 0.0860. The number of benzene rings is 1. The molecule has 0 aliphatic carbocycles. The molecule has 1 unspecified atom stereocenters. The summed E-state index contributed by atoms with van der Waals surface area (Å²) < 4.78 is 0. The normalized spacial score (nSPS) is 11.8. The molecule has 0 bridgehead atoms. The molecule has 0 aliphatic rings. The second kappa shape index (κ2) is 8.10. The van der Waals surface area contributed by atoms with Gasteiger partial charge in [0.15, 0.2) is 0 Å². The van der Waals surface area contributed by atoms with Gasteiger partial charge >= 0.3 is 12.0 Å². The molecule has 1 atom stereocenters. The molecule has 1 rings (SSSR count). The molecule has 0 spiro atoms. The van der Waals surface area contributed by atoms with Gasteiger partial charge in [-0.1, -0.05) is 29.3 Å². The van der Waals surface area contributed by atoms with E-state index in [2.05, 4.69) is 5.32 Å². The van der Waals surface area contributed by atoms with Gasteiger partial charge in [0.2, 0.25) is 0 Å². The zero-order valence-corrected chi connectivity index (χ0v) is 13.4. The molecule has 1 aromatic rings. The first-order chi connectivity index (χ1) is 9.85. The van der Waals surface area contributed by atoms with Gasteiger partial charge < -0.3 is 15.3 Å². The maximum absolute atomic E-state index is 12.1. The van der Waals surface area contributed by atoms with Gasteiger partial charge in [0.05, 0.1) is 12.5 Å². The van der Waals surface area contributed by atoms with Crippen LogP contribution in [0.3, 0.4) is 0 Å². The molecule has 0 saturated carbocycles. The van der Waals surface area contributed by atoms with Gasteiger partial charge in [0.25, 0.3) is 0 Å². The SMILES string of the molecule is CCN(CCC(=O)O)C(=O)NC(C)c1ccc(Cl)cc1Cl. The van der Waals surface area contributed by atoms with Gasteiger partial charge in [0, 0.05) is 23.1 Å². The molecule has 0 heterocycles. The van der Waals surface area contributed by atoms with Crippen molar-refractivity contribution in [1.82, 2.24) is 10.2 Å². The van der Waals surface area contributed by atoms with Crippen LogP contribution in [-0.4, -0.2) is 35.1 Å². The van der Waals surface area contributed by atoms with Crippen LogP contribution in [0.5, 0.6) is 0 Å². The number of nitrogens with zero attached hydrogens (tertiary/aromatic N) is 1. The third kappa shape index (κ3) is 5.44. The van der Waals surface area contributed by atoms with Gasteiger partial charge in [0.1, 0.15) is 0 Å². The molecule has 2 amide bonds. The second-order valence-corrected chi connectivity index (χ2v) is 5.40. The largest absolute Gasteiger partial charge is 0.481 e. The second-order valence-electron chi connectivity index (χ2n) is 4.56. The quantitative estimate of drug-likeness (QED) is 0.836. The lowest BCUT2D eigenvalue weighted by Gasteiger charge is -2.24. The standard InChI is InChI=1S/C14H18Cl2N2O3/c1-3-18(7-6-13(19)20)14(21)17-9(2)11-5-4-10(15)8-12(11)16/h4-5,8-9H,3,6-7H2,1-2H3,(H,17,21)(H,19,20). The molecule has 0 saturated heterocycles. The highest BCUT2D eigenvalue weighted by Crippen LogP contribution is 2.26. The summed E-state index contributed by atoms with van der Waals surface area (Å²) in [6.07, 6.45) is -0.0860. The molecule has 1 aromatic carbocycles. The fourth-order valence-electron chi connectivity index (χ4n) is 1.84. The van der Waals surface area contributed by atoms with Crippen LogP contribution >= 0.6 is 23.2 Å². The van der Waals surface area contributed by atoms with Crippen LogP contribution in [0.25, 0.3) is 0 Å². The van der Waals surface area contributed by atoms with Crippen molar-refractivity contribution in [3.05, 3.63) is 33.8 Å². The summed E-state index contributed by atoms with van der Waals surface area (Å²) in [6, 6.07) is 4.44. The van der Waals surface area contributed by atoms with Crippen molar-refractivity contribution in [2.75, 3.05) is 13.1 Å². The third-order valence-corrected chi connectivity index (χ3v) is 3.60. The average molecular weight is 333 g/mol. The molecule has 0 aromatic heterocycles. The van der Waals surface area contributed by atoms with Crippen molar-refractivity contribution >= 4 is 35.2 Å². The maximum Gasteiger partial charge on any atom is 0.317 e. The van der Waals surface area contributed by atoms with Gasteiger partial charge in [-0.05, 0) is 31.5 Å². The maximum atomic E-state index is 12.1. The fourth-order valence-corrected chi connectivity index (χ4v) is 2.41. The lowest BCUT2D eigenvalue weighted by Crippen LogP contribution is -2.42. The Morgan fingerprint density at radius 3 is 2.57 bits per heavy atom. The van der Waals surface area contributed by atoms with Gasteiger partial charge in [-0.3, -0.25) is 4.79 Å². The first kappa shape index (κ1) is 17.6. The predicted octanol–water partition coefficient (Wildman–Crippen LogP) is 3.56. The first-order valence-electron chi connectivity index (χ1n) is 6.57. The number of hydrogen-bond donors (Lipinski definition) is 2. The molecule has 5 nitrogen and oxygen atoms in total. The van der Waals surface area contributed by atoms with Crippen LogP contribution in [0, 0.1) is 0 Å². The van der Waals surface area contributed by atoms with Gasteiger partial charge in [-0.15, -0.1) is 0 Å². The molecule has 116 valence electrons. The van der Waals surface area contributed by atoms with Crippen molar-refractivity contribution < 1.29 is 14.7 Å². The molecule has 7 heteroatoms. The Balaban J connectivity index is 2.69. The Bertz CT molecular complexity index is 523. The zero-order valence-electron chi connectivity index (χ0n) is 11.9. The highest BCUT2D eigenvalue weighted by Gasteiger charge is 2.17. The van der Waals surface area contributed by atoms with Gasteiger partial charge in [-0.25, -0.2) is 4.79 Å². The average Bonchev–Trinajstić information content (AvgIpc) is 2.38. The van der Waals surface area contributed by atoms with E-state index in [9.17, 15) is 9.59 Å². The summed E-state index contributed by atoms with van der Waals surface area (Å²) in [5, 5.41) is 12.5. The summed E-state index contributed by atoms with van der Waals surface area (Å²) in [6.45, 7) is 4.19. The van der Waals surface area contributed by atoms with Crippen LogP contribution in [0.2, 0.25) is 10.0 Å². The molecule has 2 N–H and O–H groups in total. The highest BCUT2D eigenvalue weighted by molar-refractivity contribution is 6.35. The van der Waals surface area contributed by atoms with E-state index < -0.39 is 5.97 Å². The number of aliphatic carboxylic acids is 1. The van der Waals surface area contributed by atoms with Crippen LogP contribution in [0.1, 0.15) is 31.9 Å². The van der Waals surface area contributed by atoms with Crippen LogP contribution in [0.15, 0.2) is 18.2 Å². The number of urea groups is 1. The Morgan fingerprint density at radius 2 is 2.05 bits per heavy atom. The number of nitrogens with one attached hydrogen (secondary N) is 1. The highest BCUT2D eigenvalue weighted by atomic mass is 35.5. The summed E-state index contributed by atoms with van der Waals surface area (Å²) in [5.74, 6) is -0.935. The summed E-state index contributed by atoms with van der Waals surface area (Å²) in [7, 11) is 0. The number of carboxylic acid groups (broad SMARTS) is 1. The topological polar surface area (TPSA) is 69.6 Å². The molecule has 0 fully saturated rings. The number of carbonyl (C=O) groups excluding carboxylic acids is 1. The Hall–Kier alpha value is -1.46. The predicted molar refractivity (Wildman–Crippen MR) is 82.9 cm³/mol. The minimum atomic E-state index is -0.935. The van der Waals surface area contributed by atoms with E-state index in [4.69, 9.17) is 28.3 Å². The first-order valence-corrected chi connectivity index (χ1v) is 7.33. The minimum Gasteiger partial charge on any atom is -0.481 e. The molecular formula is C14H18Cl2N2O3. The number of hydrogen-bond acceptors (Lipinski definition) is 2. The van der Waals surface area contributed by atoms with Crippen molar-refractivity contribution in [2.45, 2.75) is 26.3 Å². The molecule has 21 heavy (non-hydrogen) atoms. The molecular weight excluding hydrogens is 315 g/mol. The number of halogens is 2. The van der Waals surface area contributed by atoms with E-state index in [1.54, 1.807) is 32.0 Å².